The number of hydrogen-bond donors (Lipinski definition) is 3. The van der Waals surface area contributed by atoms with Crippen LogP contribution in [-0.2, 0) is 6.54 Å². The highest BCUT2D eigenvalue weighted by Gasteiger charge is 2.05. The average molecular weight is 295 g/mol. The molecule has 22 heavy (non-hydrogen) atoms. The third-order valence-electron chi connectivity index (χ3n) is 2.70. The van der Waals surface area contributed by atoms with Gasteiger partial charge in [0, 0.05) is 11.9 Å². The molecule has 0 unspecified atom stereocenters. The molecule has 1 aromatic heterocycles. The molecule has 2 aromatic rings. The van der Waals surface area contributed by atoms with Crippen LogP contribution in [0.5, 0.6) is 0 Å². The van der Waals surface area contributed by atoms with Gasteiger partial charge in [-0.25, -0.2) is 4.79 Å². The van der Waals surface area contributed by atoms with Gasteiger partial charge in [-0.05, 0) is 30.3 Å². The van der Waals surface area contributed by atoms with Crippen molar-refractivity contribution in [1.29, 1.82) is 5.26 Å². The lowest BCUT2D eigenvalue weighted by molar-refractivity contribution is 0.0697. The van der Waals surface area contributed by atoms with E-state index >= 15 is 0 Å². The highest BCUT2D eigenvalue weighted by Crippen LogP contribution is 2.10. The summed E-state index contributed by atoms with van der Waals surface area (Å²) in [7, 11) is 0. The van der Waals surface area contributed by atoms with Gasteiger partial charge in [0.05, 0.1) is 17.8 Å². The second-order valence-electron chi connectivity index (χ2n) is 4.25. The number of aromatic carboxylic acids is 1. The van der Waals surface area contributed by atoms with Gasteiger partial charge in [-0.1, -0.05) is 12.1 Å². The van der Waals surface area contributed by atoms with Gasteiger partial charge in [-0.2, -0.15) is 5.26 Å². The van der Waals surface area contributed by atoms with Crippen molar-refractivity contribution in [3.63, 3.8) is 0 Å². The molecule has 1 heterocycles. The number of nitrogens with zero attached hydrogens (tertiary/aromatic N) is 3. The fourth-order valence-corrected chi connectivity index (χ4v) is 1.71. The predicted molar refractivity (Wildman–Crippen MR) is 81.1 cm³/mol. The summed E-state index contributed by atoms with van der Waals surface area (Å²) in [5, 5.41) is 23.5. The van der Waals surface area contributed by atoms with Crippen LogP contribution in [0.2, 0.25) is 0 Å². The summed E-state index contributed by atoms with van der Waals surface area (Å²) < 4.78 is 0. The molecule has 0 aliphatic rings. The van der Waals surface area contributed by atoms with E-state index in [4.69, 9.17) is 10.4 Å². The summed E-state index contributed by atoms with van der Waals surface area (Å²) >= 11 is 0. The Morgan fingerprint density at radius 2 is 2.18 bits per heavy atom. The molecule has 110 valence electrons. The number of hydrogen-bond acceptors (Lipinski definition) is 4. The zero-order valence-corrected chi connectivity index (χ0v) is 11.5. The molecule has 0 amide bonds. The Hall–Kier alpha value is -3.40. The predicted octanol–water partition coefficient (Wildman–Crippen LogP) is 1.82. The number of carbonyl (C=O) groups is 1. The monoisotopic (exact) mass is 295 g/mol. The van der Waals surface area contributed by atoms with Gasteiger partial charge in [0.15, 0.2) is 0 Å². The highest BCUT2D eigenvalue weighted by atomic mass is 16.4. The fourth-order valence-electron chi connectivity index (χ4n) is 1.71. The van der Waals surface area contributed by atoms with Crippen molar-refractivity contribution >= 4 is 17.6 Å². The minimum absolute atomic E-state index is 0.144. The number of anilines is 1. The van der Waals surface area contributed by atoms with Gasteiger partial charge >= 0.3 is 5.97 Å². The molecule has 7 heteroatoms. The second kappa shape index (κ2) is 7.40. The van der Waals surface area contributed by atoms with E-state index in [1.165, 1.54) is 12.1 Å². The summed E-state index contributed by atoms with van der Waals surface area (Å²) in [4.78, 5) is 18.7. The Labute approximate surface area is 127 Å². The van der Waals surface area contributed by atoms with Crippen LogP contribution in [0.4, 0.5) is 5.69 Å². The van der Waals surface area contributed by atoms with Crippen molar-refractivity contribution in [2.24, 2.45) is 4.99 Å². The van der Waals surface area contributed by atoms with E-state index in [2.05, 4.69) is 20.6 Å². The second-order valence-corrected chi connectivity index (χ2v) is 4.25. The van der Waals surface area contributed by atoms with Crippen LogP contribution in [0.15, 0.2) is 53.7 Å². The van der Waals surface area contributed by atoms with E-state index in [0.717, 1.165) is 5.69 Å². The minimum Gasteiger partial charge on any atom is -0.478 e. The van der Waals surface area contributed by atoms with Crippen molar-refractivity contribution in [2.45, 2.75) is 6.54 Å². The first-order chi connectivity index (χ1) is 10.7. The van der Waals surface area contributed by atoms with E-state index in [1.54, 1.807) is 24.5 Å². The average Bonchev–Trinajstić information content (AvgIpc) is 2.54. The van der Waals surface area contributed by atoms with Crippen LogP contribution in [0, 0.1) is 11.5 Å². The van der Waals surface area contributed by atoms with Gasteiger partial charge in [-0.3, -0.25) is 4.98 Å². The van der Waals surface area contributed by atoms with Gasteiger partial charge < -0.3 is 15.7 Å². The van der Waals surface area contributed by atoms with Crippen LogP contribution in [0.3, 0.4) is 0 Å². The van der Waals surface area contributed by atoms with Crippen molar-refractivity contribution in [2.75, 3.05) is 5.32 Å². The molecule has 0 saturated carbocycles. The molecule has 7 nitrogen and oxygen atoms in total. The zero-order chi connectivity index (χ0) is 15.8. The number of carboxylic acid groups (broad SMARTS) is 1. The smallest absolute Gasteiger partial charge is 0.335 e. The largest absolute Gasteiger partial charge is 0.478 e. The van der Waals surface area contributed by atoms with E-state index in [1.807, 2.05) is 18.2 Å². The Morgan fingerprint density at radius 3 is 2.86 bits per heavy atom. The maximum Gasteiger partial charge on any atom is 0.335 e. The highest BCUT2D eigenvalue weighted by molar-refractivity contribution is 5.96. The Bertz CT molecular complexity index is 722. The van der Waals surface area contributed by atoms with Gasteiger partial charge in [-0.15, -0.1) is 4.99 Å². The zero-order valence-electron chi connectivity index (χ0n) is 11.5. The summed E-state index contributed by atoms with van der Waals surface area (Å²) in [6.07, 6.45) is 3.36. The summed E-state index contributed by atoms with van der Waals surface area (Å²) in [5.74, 6) is -0.806. The number of rotatable bonds is 4. The van der Waals surface area contributed by atoms with Crippen LogP contribution < -0.4 is 10.6 Å². The van der Waals surface area contributed by atoms with Crippen LogP contribution in [0.1, 0.15) is 16.1 Å². The molecule has 0 radical (unpaired) electrons. The first-order valence-electron chi connectivity index (χ1n) is 6.40. The van der Waals surface area contributed by atoms with E-state index in [9.17, 15) is 4.79 Å². The fraction of sp³-hybridized carbons (Fsp3) is 0.0667. The van der Waals surface area contributed by atoms with Crippen LogP contribution in [-0.4, -0.2) is 22.0 Å². The molecule has 0 bridgehead atoms. The normalized spacial score (nSPS) is 10.6. The molecule has 0 spiro atoms. The Kier molecular flexibility index (Phi) is 5.04. The van der Waals surface area contributed by atoms with E-state index < -0.39 is 5.97 Å². The third kappa shape index (κ3) is 4.31. The summed E-state index contributed by atoms with van der Waals surface area (Å²) in [6, 6.07) is 11.7. The number of guanidine groups is 1. The van der Waals surface area contributed by atoms with Gasteiger partial charge in [0.1, 0.15) is 0 Å². The number of nitriles is 1. The first kappa shape index (κ1) is 15.0. The quantitative estimate of drug-likeness (QED) is 0.451. The van der Waals surface area contributed by atoms with E-state index in [-0.39, 0.29) is 11.5 Å². The topological polar surface area (TPSA) is 110 Å². The first-order valence-corrected chi connectivity index (χ1v) is 6.40. The number of benzene rings is 1. The number of aromatic nitrogens is 1. The SMILES string of the molecule is N#C/N=C(\NCc1ccccn1)Nc1cccc(C(=O)O)c1. The third-order valence-corrected chi connectivity index (χ3v) is 2.70. The Balaban J connectivity index is 2.06. The van der Waals surface area contributed by atoms with E-state index in [0.29, 0.717) is 12.2 Å². The van der Waals surface area contributed by atoms with Crippen molar-refractivity contribution in [1.82, 2.24) is 10.3 Å². The molecule has 0 saturated heterocycles. The van der Waals surface area contributed by atoms with Crippen LogP contribution >= 0.6 is 0 Å². The lowest BCUT2D eigenvalue weighted by Crippen LogP contribution is -2.30. The molecule has 0 fully saturated rings. The summed E-state index contributed by atoms with van der Waals surface area (Å²) in [5.41, 5.74) is 1.45. The van der Waals surface area contributed by atoms with Crippen molar-refractivity contribution in [3.05, 3.63) is 59.9 Å². The minimum atomic E-state index is -1.02. The van der Waals surface area contributed by atoms with Gasteiger partial charge in [0.2, 0.25) is 12.2 Å². The lowest BCUT2D eigenvalue weighted by atomic mass is 10.2. The molecule has 2 rings (SSSR count). The maximum absolute atomic E-state index is 10.9. The number of carboxylic acids is 1. The molecule has 0 aliphatic heterocycles. The molecule has 1 aromatic carbocycles. The maximum atomic E-state index is 10.9. The molecule has 3 N–H and O–H groups in total. The number of nitrogens with one attached hydrogen (secondary N) is 2. The van der Waals surface area contributed by atoms with Crippen molar-refractivity contribution in [3.8, 4) is 6.19 Å². The molecule has 0 aliphatic carbocycles. The summed E-state index contributed by atoms with van der Waals surface area (Å²) in [6.45, 7) is 0.382. The lowest BCUT2D eigenvalue weighted by Gasteiger charge is -2.11. The Morgan fingerprint density at radius 1 is 1.32 bits per heavy atom. The molecule has 0 atom stereocenters. The van der Waals surface area contributed by atoms with Gasteiger partial charge in [0.25, 0.3) is 0 Å². The number of aliphatic imine (C=N–C) groups is 1. The molecular formula is C15H13N5O2. The van der Waals surface area contributed by atoms with Crippen LogP contribution in [0.25, 0.3) is 0 Å². The van der Waals surface area contributed by atoms with Crippen molar-refractivity contribution < 1.29 is 9.90 Å². The number of pyridine rings is 1. The standard InChI is InChI=1S/C15H13N5O2/c16-10-19-15(18-9-13-5-1-2-7-17-13)20-12-6-3-4-11(8-12)14(21)22/h1-8H,9H2,(H,21,22)(H2,18,19,20). The molecular weight excluding hydrogens is 282 g/mol.